The molecule has 4 heteroatoms. The molecule has 0 spiro atoms. The van der Waals surface area contributed by atoms with Gasteiger partial charge < -0.3 is 5.32 Å². The maximum Gasteiger partial charge on any atom is 0.406 e. The lowest BCUT2D eigenvalue weighted by molar-refractivity contribution is -0.211. The summed E-state index contributed by atoms with van der Waals surface area (Å²) in [6, 6.07) is 0. The number of rotatable bonds is 1. The zero-order valence-corrected chi connectivity index (χ0v) is 8.87. The van der Waals surface area contributed by atoms with Gasteiger partial charge in [0.15, 0.2) is 0 Å². The van der Waals surface area contributed by atoms with Gasteiger partial charge in [0.05, 0.1) is 0 Å². The van der Waals surface area contributed by atoms with Crippen LogP contribution >= 0.6 is 0 Å². The molecule has 1 saturated carbocycles. The Morgan fingerprint density at radius 3 is 2.13 bits per heavy atom. The van der Waals surface area contributed by atoms with Crippen molar-refractivity contribution in [2.45, 2.75) is 56.7 Å². The first-order valence-electron chi connectivity index (χ1n) is 5.88. The van der Waals surface area contributed by atoms with Crippen molar-refractivity contribution < 1.29 is 13.2 Å². The SMILES string of the molecule is FC(F)(F)C1(C2CCCCC2)CCCN1. The maximum atomic E-state index is 13.1. The van der Waals surface area contributed by atoms with E-state index in [2.05, 4.69) is 5.32 Å². The van der Waals surface area contributed by atoms with Gasteiger partial charge in [0.1, 0.15) is 5.54 Å². The summed E-state index contributed by atoms with van der Waals surface area (Å²) in [4.78, 5) is 0. The summed E-state index contributed by atoms with van der Waals surface area (Å²) in [5, 5.41) is 2.75. The van der Waals surface area contributed by atoms with Crippen LogP contribution in [0.15, 0.2) is 0 Å². The summed E-state index contributed by atoms with van der Waals surface area (Å²) in [5.74, 6) is -0.186. The predicted octanol–water partition coefficient (Wildman–Crippen LogP) is 3.25. The largest absolute Gasteiger partial charge is 0.406 e. The van der Waals surface area contributed by atoms with Gasteiger partial charge >= 0.3 is 6.18 Å². The molecule has 0 amide bonds. The maximum absolute atomic E-state index is 13.1. The second kappa shape index (κ2) is 3.96. The van der Waals surface area contributed by atoms with Crippen LogP contribution < -0.4 is 5.32 Å². The van der Waals surface area contributed by atoms with Crippen molar-refractivity contribution in [2.75, 3.05) is 6.54 Å². The number of alkyl halides is 3. The summed E-state index contributed by atoms with van der Waals surface area (Å²) in [5.41, 5.74) is -1.55. The first-order chi connectivity index (χ1) is 7.06. The molecular formula is C11H18F3N. The Morgan fingerprint density at radius 2 is 1.67 bits per heavy atom. The molecule has 15 heavy (non-hydrogen) atoms. The molecule has 2 aliphatic rings. The van der Waals surface area contributed by atoms with Gasteiger partial charge in [-0.2, -0.15) is 13.2 Å². The van der Waals surface area contributed by atoms with E-state index >= 15 is 0 Å². The highest BCUT2D eigenvalue weighted by Crippen LogP contribution is 2.47. The predicted molar refractivity (Wildman–Crippen MR) is 52.6 cm³/mol. The molecule has 1 N–H and O–H groups in total. The van der Waals surface area contributed by atoms with Crippen molar-refractivity contribution in [3.8, 4) is 0 Å². The summed E-state index contributed by atoms with van der Waals surface area (Å²) in [6.07, 6.45) is 1.38. The van der Waals surface area contributed by atoms with E-state index < -0.39 is 11.7 Å². The molecule has 1 unspecified atom stereocenters. The van der Waals surface area contributed by atoms with E-state index in [0.717, 1.165) is 32.1 Å². The molecule has 0 bridgehead atoms. The van der Waals surface area contributed by atoms with Gasteiger partial charge in [0.2, 0.25) is 0 Å². The zero-order valence-electron chi connectivity index (χ0n) is 8.87. The molecule has 1 heterocycles. The molecular weight excluding hydrogens is 203 g/mol. The molecule has 0 radical (unpaired) electrons. The van der Waals surface area contributed by atoms with E-state index in [9.17, 15) is 13.2 Å². The van der Waals surface area contributed by atoms with Crippen molar-refractivity contribution in [1.29, 1.82) is 0 Å². The third-order valence-corrected chi connectivity index (χ3v) is 4.00. The minimum absolute atomic E-state index is 0.186. The Labute approximate surface area is 88.4 Å². The molecule has 2 fully saturated rings. The highest BCUT2D eigenvalue weighted by atomic mass is 19.4. The fourth-order valence-corrected chi connectivity index (χ4v) is 3.18. The van der Waals surface area contributed by atoms with Gasteiger partial charge in [-0.25, -0.2) is 0 Å². The second-order valence-electron chi connectivity index (χ2n) is 4.83. The average Bonchev–Trinajstić information content (AvgIpc) is 2.68. The van der Waals surface area contributed by atoms with Crippen LogP contribution in [0.2, 0.25) is 0 Å². The van der Waals surface area contributed by atoms with Gasteiger partial charge in [-0.05, 0) is 38.1 Å². The average molecular weight is 221 g/mol. The standard InChI is InChI=1S/C11H18F3N/c12-11(13,14)10(7-4-8-15-10)9-5-2-1-3-6-9/h9,15H,1-8H2. The molecule has 1 aliphatic heterocycles. The number of hydrogen-bond donors (Lipinski definition) is 1. The summed E-state index contributed by atoms with van der Waals surface area (Å²) in [6.45, 7) is 0.524. The van der Waals surface area contributed by atoms with Crippen LogP contribution in [0.5, 0.6) is 0 Å². The minimum Gasteiger partial charge on any atom is -0.303 e. The highest BCUT2D eigenvalue weighted by Gasteiger charge is 2.59. The van der Waals surface area contributed by atoms with Crippen molar-refractivity contribution >= 4 is 0 Å². The van der Waals surface area contributed by atoms with Gasteiger partial charge in [0, 0.05) is 0 Å². The van der Waals surface area contributed by atoms with E-state index in [4.69, 9.17) is 0 Å². The fourth-order valence-electron chi connectivity index (χ4n) is 3.18. The van der Waals surface area contributed by atoms with E-state index in [1.165, 1.54) is 0 Å². The van der Waals surface area contributed by atoms with Crippen molar-refractivity contribution in [3.05, 3.63) is 0 Å². The third kappa shape index (κ3) is 1.88. The Morgan fingerprint density at radius 1 is 1.00 bits per heavy atom. The van der Waals surface area contributed by atoms with Crippen LogP contribution in [-0.2, 0) is 0 Å². The quantitative estimate of drug-likeness (QED) is 0.716. The first kappa shape index (κ1) is 11.2. The van der Waals surface area contributed by atoms with Crippen molar-refractivity contribution in [1.82, 2.24) is 5.32 Å². The monoisotopic (exact) mass is 221 g/mol. The Kier molecular flexibility index (Phi) is 2.97. The Balaban J connectivity index is 2.17. The molecule has 0 aromatic heterocycles. The molecule has 1 nitrogen and oxygen atoms in total. The lowest BCUT2D eigenvalue weighted by Gasteiger charge is -2.41. The van der Waals surface area contributed by atoms with Gasteiger partial charge in [-0.15, -0.1) is 0 Å². The number of nitrogens with one attached hydrogen (secondary N) is 1. The molecule has 1 atom stereocenters. The molecule has 2 rings (SSSR count). The fraction of sp³-hybridized carbons (Fsp3) is 1.00. The topological polar surface area (TPSA) is 12.0 Å². The minimum atomic E-state index is -4.08. The lowest BCUT2D eigenvalue weighted by atomic mass is 9.73. The number of hydrogen-bond acceptors (Lipinski definition) is 1. The van der Waals surface area contributed by atoms with E-state index in [1.807, 2.05) is 0 Å². The van der Waals surface area contributed by atoms with Crippen LogP contribution in [0.4, 0.5) is 13.2 Å². The molecule has 0 aromatic rings. The molecule has 0 aromatic carbocycles. The van der Waals surface area contributed by atoms with Crippen LogP contribution in [0.25, 0.3) is 0 Å². The van der Waals surface area contributed by atoms with E-state index in [-0.39, 0.29) is 12.3 Å². The normalized spacial score (nSPS) is 34.6. The van der Waals surface area contributed by atoms with Gasteiger partial charge in [0.25, 0.3) is 0 Å². The second-order valence-corrected chi connectivity index (χ2v) is 4.83. The summed E-state index contributed by atoms with van der Waals surface area (Å²) < 4.78 is 39.4. The van der Waals surface area contributed by atoms with Crippen LogP contribution in [0, 0.1) is 5.92 Å². The molecule has 1 saturated heterocycles. The molecule has 88 valence electrons. The van der Waals surface area contributed by atoms with Gasteiger partial charge in [-0.3, -0.25) is 0 Å². The highest BCUT2D eigenvalue weighted by molar-refractivity contribution is 5.04. The van der Waals surface area contributed by atoms with E-state index in [1.54, 1.807) is 0 Å². The van der Waals surface area contributed by atoms with Crippen molar-refractivity contribution in [3.63, 3.8) is 0 Å². The molecule has 1 aliphatic carbocycles. The number of halogens is 3. The smallest absolute Gasteiger partial charge is 0.303 e. The van der Waals surface area contributed by atoms with Crippen LogP contribution in [-0.4, -0.2) is 18.3 Å². The van der Waals surface area contributed by atoms with Gasteiger partial charge in [-0.1, -0.05) is 19.3 Å². The lowest BCUT2D eigenvalue weighted by Crippen LogP contribution is -2.58. The first-order valence-corrected chi connectivity index (χ1v) is 5.88. The summed E-state index contributed by atoms with van der Waals surface area (Å²) >= 11 is 0. The van der Waals surface area contributed by atoms with Crippen LogP contribution in [0.1, 0.15) is 44.9 Å². The van der Waals surface area contributed by atoms with Crippen LogP contribution in [0.3, 0.4) is 0 Å². The van der Waals surface area contributed by atoms with E-state index in [0.29, 0.717) is 13.0 Å². The third-order valence-electron chi connectivity index (χ3n) is 4.00. The van der Waals surface area contributed by atoms with Crippen molar-refractivity contribution in [2.24, 2.45) is 5.92 Å². The zero-order chi connectivity index (χ0) is 10.9. The summed E-state index contributed by atoms with van der Waals surface area (Å²) in [7, 11) is 0. The Bertz CT molecular complexity index is 212. The Hall–Kier alpha value is -0.250.